The van der Waals surface area contributed by atoms with Crippen molar-refractivity contribution < 1.29 is 13.2 Å². The van der Waals surface area contributed by atoms with E-state index in [2.05, 4.69) is 71.4 Å². The molecule has 260 valence electrons. The number of fused-ring (bicyclic) bond motifs is 4. The van der Waals surface area contributed by atoms with Gasteiger partial charge in [-0.3, -0.25) is 14.9 Å². The third kappa shape index (κ3) is 7.12. The first-order valence-electron chi connectivity index (χ1n) is 17.0. The van der Waals surface area contributed by atoms with Gasteiger partial charge in [0.2, 0.25) is 5.95 Å². The number of aromatic nitrogens is 4. The van der Waals surface area contributed by atoms with Gasteiger partial charge in [-0.1, -0.05) is 18.5 Å². The minimum Gasteiger partial charge on any atom is -0.494 e. The van der Waals surface area contributed by atoms with Crippen molar-refractivity contribution in [2.75, 3.05) is 62.1 Å². The van der Waals surface area contributed by atoms with Gasteiger partial charge in [0, 0.05) is 86.0 Å². The fourth-order valence-corrected chi connectivity index (χ4v) is 8.75. The van der Waals surface area contributed by atoms with Crippen LogP contribution in [0.1, 0.15) is 43.7 Å². The minimum atomic E-state index is -3.39. The van der Waals surface area contributed by atoms with Gasteiger partial charge in [0.15, 0.2) is 15.7 Å². The topological polar surface area (TPSA) is 129 Å². The molecule has 2 atom stereocenters. The highest BCUT2D eigenvalue weighted by molar-refractivity contribution is 7.89. The van der Waals surface area contributed by atoms with E-state index in [1.54, 1.807) is 31.6 Å². The Morgan fingerprint density at radius 3 is 2.43 bits per heavy atom. The lowest BCUT2D eigenvalue weighted by Gasteiger charge is -2.54. The van der Waals surface area contributed by atoms with Crippen LogP contribution in [-0.2, 0) is 22.0 Å². The van der Waals surface area contributed by atoms with Crippen molar-refractivity contribution >= 4 is 61.3 Å². The van der Waals surface area contributed by atoms with Crippen LogP contribution < -0.4 is 20.3 Å². The molecule has 0 amide bonds. The van der Waals surface area contributed by atoms with E-state index >= 15 is 0 Å². The van der Waals surface area contributed by atoms with E-state index in [9.17, 15) is 8.42 Å². The molecule has 14 heteroatoms. The van der Waals surface area contributed by atoms with Crippen molar-refractivity contribution in [3.63, 3.8) is 0 Å². The number of aryl methyl sites for hydroxylation is 1. The standard InChI is InChI=1S/C35H44ClN9O3S/c1-5-22-16-30(32(48-3)17-31(22)44-14-10-23(11-15-44)45-20-24-6-7-25(45)19-43(24)2)41-35-39-18-27(36)34(42-35)40-28-8-9-29-33(38-13-12-37-29)26(28)21-49(4,46)47/h8-9,12-13,16-18,23-25H,5-7,10-11,14-15,19-21H2,1-4H3,(H2,39,40,41,42). The van der Waals surface area contributed by atoms with Crippen molar-refractivity contribution in [3.05, 3.63) is 59.0 Å². The summed E-state index contributed by atoms with van der Waals surface area (Å²) in [7, 11) is 0.568. The molecule has 4 aliphatic heterocycles. The number of sulfone groups is 1. The zero-order valence-corrected chi connectivity index (χ0v) is 30.1. The summed E-state index contributed by atoms with van der Waals surface area (Å²) < 4.78 is 30.6. The maximum atomic E-state index is 12.4. The number of piperazine rings is 1. The fourth-order valence-electron chi connectivity index (χ4n) is 7.80. The van der Waals surface area contributed by atoms with Gasteiger partial charge < -0.3 is 25.2 Å². The summed E-state index contributed by atoms with van der Waals surface area (Å²) in [5, 5.41) is 6.84. The summed E-state index contributed by atoms with van der Waals surface area (Å²) in [6.07, 6.45) is 11.7. The fraction of sp³-hybridized carbons (Fsp3) is 0.486. The number of nitrogens with zero attached hydrogens (tertiary/aromatic N) is 7. The zero-order chi connectivity index (χ0) is 34.3. The number of anilines is 5. The summed E-state index contributed by atoms with van der Waals surface area (Å²) in [5.74, 6) is 1.10. The number of hydrogen-bond acceptors (Lipinski definition) is 12. The maximum Gasteiger partial charge on any atom is 0.229 e. The van der Waals surface area contributed by atoms with Crippen molar-refractivity contribution in [2.45, 2.75) is 62.9 Å². The van der Waals surface area contributed by atoms with Gasteiger partial charge in [-0.15, -0.1) is 0 Å². The number of likely N-dealkylation sites (N-methyl/N-ethyl adjacent to an activating group) is 1. The summed E-state index contributed by atoms with van der Waals surface area (Å²) in [5.41, 5.74) is 5.27. The molecule has 0 radical (unpaired) electrons. The second-order valence-corrected chi connectivity index (χ2v) is 16.0. The van der Waals surface area contributed by atoms with Gasteiger partial charge in [-0.05, 0) is 62.9 Å². The van der Waals surface area contributed by atoms with Crippen LogP contribution in [0.2, 0.25) is 5.02 Å². The molecule has 2 aromatic heterocycles. The first kappa shape index (κ1) is 33.7. The van der Waals surface area contributed by atoms with E-state index in [0.29, 0.717) is 57.9 Å². The second kappa shape index (κ2) is 13.9. The molecule has 49 heavy (non-hydrogen) atoms. The lowest BCUT2D eigenvalue weighted by molar-refractivity contribution is -0.0360. The summed E-state index contributed by atoms with van der Waals surface area (Å²) in [4.78, 5) is 25.7. The number of hydrogen-bond donors (Lipinski definition) is 2. The van der Waals surface area contributed by atoms with Gasteiger partial charge >= 0.3 is 0 Å². The lowest BCUT2D eigenvalue weighted by atomic mass is 9.88. The third-order valence-corrected chi connectivity index (χ3v) is 11.4. The molecule has 0 saturated carbocycles. The molecule has 8 rings (SSSR count). The van der Waals surface area contributed by atoms with Crippen LogP contribution in [0.3, 0.4) is 0 Å². The number of nitrogens with one attached hydrogen (secondary N) is 2. The predicted molar refractivity (Wildman–Crippen MR) is 195 cm³/mol. The van der Waals surface area contributed by atoms with Gasteiger partial charge in [-0.2, -0.15) is 4.98 Å². The molecular formula is C35H44ClN9O3S. The smallest absolute Gasteiger partial charge is 0.229 e. The highest BCUT2D eigenvalue weighted by Crippen LogP contribution is 2.39. The molecule has 2 N–H and O–H groups in total. The van der Waals surface area contributed by atoms with Gasteiger partial charge in [0.25, 0.3) is 0 Å². The van der Waals surface area contributed by atoms with E-state index in [4.69, 9.17) is 16.3 Å². The molecule has 2 aromatic carbocycles. The molecule has 12 nitrogen and oxygen atoms in total. The normalized spacial score (nSPS) is 20.6. The Morgan fingerprint density at radius 1 is 0.959 bits per heavy atom. The van der Waals surface area contributed by atoms with Crippen molar-refractivity contribution in [1.82, 2.24) is 29.7 Å². The average molecular weight is 706 g/mol. The lowest BCUT2D eigenvalue weighted by Crippen LogP contribution is -2.64. The predicted octanol–water partition coefficient (Wildman–Crippen LogP) is 5.42. The molecule has 6 heterocycles. The Labute approximate surface area is 293 Å². The number of ether oxygens (including phenoxy) is 1. The van der Waals surface area contributed by atoms with Crippen LogP contribution in [0, 0.1) is 0 Å². The molecule has 4 saturated heterocycles. The maximum absolute atomic E-state index is 12.4. The van der Waals surface area contributed by atoms with E-state index in [1.807, 2.05) is 0 Å². The van der Waals surface area contributed by atoms with Crippen LogP contribution >= 0.6 is 11.6 Å². The number of benzene rings is 2. The molecule has 4 aliphatic rings. The SMILES string of the molecule is CCc1cc(Nc2ncc(Cl)c(Nc3ccc4nccnc4c3CS(C)(=O)=O)n2)c(OC)cc1N1CCC(N2CC3CCC2CN3C)CC1. The van der Waals surface area contributed by atoms with E-state index in [1.165, 1.54) is 62.5 Å². The van der Waals surface area contributed by atoms with E-state index in [0.717, 1.165) is 25.2 Å². The third-order valence-electron chi connectivity index (χ3n) is 10.3. The van der Waals surface area contributed by atoms with Gasteiger partial charge in [0.1, 0.15) is 10.8 Å². The zero-order valence-electron chi connectivity index (χ0n) is 28.5. The summed E-state index contributed by atoms with van der Waals surface area (Å²) >= 11 is 6.55. The number of halogens is 1. The number of piperidine rings is 3. The minimum absolute atomic E-state index is 0.225. The van der Waals surface area contributed by atoms with Crippen LogP contribution in [-0.4, -0.2) is 103 Å². The Bertz CT molecular complexity index is 1950. The average Bonchev–Trinajstić information content (AvgIpc) is 3.10. The first-order chi connectivity index (χ1) is 23.6. The molecule has 4 fully saturated rings. The first-order valence-corrected chi connectivity index (χ1v) is 19.4. The Balaban J connectivity index is 1.10. The molecule has 0 aliphatic carbocycles. The molecular weight excluding hydrogens is 662 g/mol. The van der Waals surface area contributed by atoms with E-state index < -0.39 is 9.84 Å². The van der Waals surface area contributed by atoms with Crippen molar-refractivity contribution in [3.8, 4) is 5.75 Å². The summed E-state index contributed by atoms with van der Waals surface area (Å²) in [6.45, 7) is 6.63. The highest BCUT2D eigenvalue weighted by atomic mass is 35.5. The van der Waals surface area contributed by atoms with Crippen molar-refractivity contribution in [2.24, 2.45) is 0 Å². The number of rotatable bonds is 10. The largest absolute Gasteiger partial charge is 0.494 e. The quantitative estimate of drug-likeness (QED) is 0.219. The van der Waals surface area contributed by atoms with Crippen LogP contribution in [0.5, 0.6) is 5.75 Å². The van der Waals surface area contributed by atoms with Crippen LogP contribution in [0.15, 0.2) is 42.9 Å². The van der Waals surface area contributed by atoms with Crippen LogP contribution in [0.25, 0.3) is 11.0 Å². The Morgan fingerprint density at radius 2 is 1.73 bits per heavy atom. The molecule has 2 unspecified atom stereocenters. The monoisotopic (exact) mass is 705 g/mol. The molecule has 2 bridgehead atoms. The van der Waals surface area contributed by atoms with Crippen LogP contribution in [0.4, 0.5) is 28.8 Å². The second-order valence-electron chi connectivity index (χ2n) is 13.5. The highest BCUT2D eigenvalue weighted by Gasteiger charge is 2.41. The summed E-state index contributed by atoms with van der Waals surface area (Å²) in [6, 6.07) is 9.85. The number of methoxy groups -OCH3 is 1. The molecule has 4 aromatic rings. The van der Waals surface area contributed by atoms with E-state index in [-0.39, 0.29) is 10.8 Å². The van der Waals surface area contributed by atoms with Gasteiger partial charge in [0.05, 0.1) is 35.8 Å². The Hall–Kier alpha value is -3.78. The molecule has 0 spiro atoms. The van der Waals surface area contributed by atoms with Crippen molar-refractivity contribution in [1.29, 1.82) is 0 Å². The van der Waals surface area contributed by atoms with Gasteiger partial charge in [-0.25, -0.2) is 13.4 Å². The Kier molecular flexibility index (Phi) is 9.53.